The van der Waals surface area contributed by atoms with Crippen LogP contribution in [0, 0.1) is 5.82 Å². The molecule has 0 aromatic heterocycles. The molecule has 3 nitrogen and oxygen atoms in total. The topological polar surface area (TPSA) is 47.3 Å². The van der Waals surface area contributed by atoms with Crippen LogP contribution in [-0.2, 0) is 6.42 Å². The summed E-state index contributed by atoms with van der Waals surface area (Å²) in [6.45, 7) is 0.556. The van der Waals surface area contributed by atoms with Crippen LogP contribution >= 0.6 is 11.6 Å². The van der Waals surface area contributed by atoms with Gasteiger partial charge in [-0.2, -0.15) is 0 Å². The molecule has 0 radical (unpaired) electrons. The van der Waals surface area contributed by atoms with Crippen molar-refractivity contribution in [3.63, 3.8) is 0 Å². The summed E-state index contributed by atoms with van der Waals surface area (Å²) in [4.78, 5) is 0. The van der Waals surface area contributed by atoms with Gasteiger partial charge in [-0.15, -0.1) is 0 Å². The number of hydrogen-bond donors (Lipinski definition) is 2. The third-order valence-corrected chi connectivity index (χ3v) is 3.62. The van der Waals surface area contributed by atoms with Crippen LogP contribution in [0.3, 0.4) is 0 Å². The Morgan fingerprint density at radius 2 is 2.15 bits per heavy atom. The van der Waals surface area contributed by atoms with Gasteiger partial charge in [0, 0.05) is 12.5 Å². The number of hydrogen-bond acceptors (Lipinski definition) is 3. The Labute approximate surface area is 121 Å². The molecule has 2 aromatic carbocycles. The SMILES string of the molecule is Nc1cc(Cl)c(F)cc1NCC1Cc2ccccc2O1. The van der Waals surface area contributed by atoms with Gasteiger partial charge in [0.2, 0.25) is 0 Å². The van der Waals surface area contributed by atoms with Crippen LogP contribution in [-0.4, -0.2) is 12.6 Å². The molecular weight excluding hydrogens is 279 g/mol. The summed E-state index contributed by atoms with van der Waals surface area (Å²) >= 11 is 5.67. The maximum absolute atomic E-state index is 13.4. The van der Waals surface area contributed by atoms with Crippen LogP contribution < -0.4 is 15.8 Å². The van der Waals surface area contributed by atoms with Crippen LogP contribution in [0.15, 0.2) is 36.4 Å². The molecular formula is C15H14ClFN2O. The first-order valence-corrected chi connectivity index (χ1v) is 6.74. The Bertz CT molecular complexity index is 623. The van der Waals surface area contributed by atoms with Crippen molar-refractivity contribution in [1.29, 1.82) is 0 Å². The van der Waals surface area contributed by atoms with Crippen molar-refractivity contribution in [3.05, 3.63) is 52.8 Å². The van der Waals surface area contributed by atoms with Gasteiger partial charge in [-0.3, -0.25) is 0 Å². The zero-order valence-corrected chi connectivity index (χ0v) is 11.5. The number of benzene rings is 2. The average Bonchev–Trinajstić information content (AvgIpc) is 2.84. The first-order chi connectivity index (χ1) is 9.63. The molecule has 104 valence electrons. The van der Waals surface area contributed by atoms with Crippen LogP contribution in [0.1, 0.15) is 5.56 Å². The van der Waals surface area contributed by atoms with Crippen LogP contribution in [0.4, 0.5) is 15.8 Å². The van der Waals surface area contributed by atoms with E-state index in [0.717, 1.165) is 12.2 Å². The van der Waals surface area contributed by atoms with Gasteiger partial charge in [0.05, 0.1) is 22.9 Å². The zero-order chi connectivity index (χ0) is 14.1. The van der Waals surface area contributed by atoms with Crippen molar-refractivity contribution >= 4 is 23.0 Å². The fourth-order valence-electron chi connectivity index (χ4n) is 2.31. The summed E-state index contributed by atoms with van der Waals surface area (Å²) in [5.41, 5.74) is 7.95. The maximum atomic E-state index is 13.4. The number of nitrogens with one attached hydrogen (secondary N) is 1. The van der Waals surface area contributed by atoms with Gasteiger partial charge in [-0.05, 0) is 17.7 Å². The fraction of sp³-hybridized carbons (Fsp3) is 0.200. The Hall–Kier alpha value is -1.94. The lowest BCUT2D eigenvalue weighted by Crippen LogP contribution is -2.24. The minimum Gasteiger partial charge on any atom is -0.488 e. The molecule has 0 amide bonds. The Morgan fingerprint density at radius 1 is 1.35 bits per heavy atom. The molecule has 0 saturated carbocycles. The molecule has 0 bridgehead atoms. The van der Waals surface area contributed by atoms with Crippen molar-refractivity contribution in [2.45, 2.75) is 12.5 Å². The summed E-state index contributed by atoms with van der Waals surface area (Å²) in [6, 6.07) is 10.6. The predicted octanol–water partition coefficient (Wildman–Crippen LogP) is 3.48. The lowest BCUT2D eigenvalue weighted by molar-refractivity contribution is 0.246. The van der Waals surface area contributed by atoms with Crippen molar-refractivity contribution in [3.8, 4) is 5.75 Å². The second kappa shape index (κ2) is 5.21. The Morgan fingerprint density at radius 3 is 2.95 bits per heavy atom. The van der Waals surface area contributed by atoms with E-state index < -0.39 is 5.82 Å². The monoisotopic (exact) mass is 292 g/mol. The Balaban J connectivity index is 1.66. The smallest absolute Gasteiger partial charge is 0.143 e. The third-order valence-electron chi connectivity index (χ3n) is 3.33. The van der Waals surface area contributed by atoms with Crippen molar-refractivity contribution in [2.75, 3.05) is 17.6 Å². The molecule has 20 heavy (non-hydrogen) atoms. The number of fused-ring (bicyclic) bond motifs is 1. The highest BCUT2D eigenvalue weighted by molar-refractivity contribution is 6.31. The molecule has 1 aliphatic rings. The molecule has 0 spiro atoms. The quantitative estimate of drug-likeness (QED) is 0.852. The second-order valence-electron chi connectivity index (χ2n) is 4.79. The number of ether oxygens (including phenoxy) is 1. The molecule has 1 atom stereocenters. The number of rotatable bonds is 3. The molecule has 0 fully saturated rings. The number of halogens is 2. The third kappa shape index (κ3) is 2.51. The summed E-state index contributed by atoms with van der Waals surface area (Å²) in [5.74, 6) is 0.425. The molecule has 0 aliphatic carbocycles. The van der Waals surface area contributed by atoms with Gasteiger partial charge in [0.1, 0.15) is 17.7 Å². The minimum absolute atomic E-state index is 0.0190. The molecule has 1 unspecified atom stereocenters. The van der Waals surface area contributed by atoms with E-state index in [1.807, 2.05) is 24.3 Å². The molecule has 3 rings (SSSR count). The van der Waals surface area contributed by atoms with Gasteiger partial charge < -0.3 is 15.8 Å². The van der Waals surface area contributed by atoms with E-state index in [9.17, 15) is 4.39 Å². The molecule has 5 heteroatoms. The Kier molecular flexibility index (Phi) is 3.40. The van der Waals surface area contributed by atoms with Crippen LogP contribution in [0.25, 0.3) is 0 Å². The van der Waals surface area contributed by atoms with E-state index in [-0.39, 0.29) is 11.1 Å². The lowest BCUT2D eigenvalue weighted by atomic mass is 10.1. The van der Waals surface area contributed by atoms with E-state index in [1.54, 1.807) is 0 Å². The first kappa shape index (κ1) is 13.1. The van der Waals surface area contributed by atoms with Gasteiger partial charge in [-0.25, -0.2) is 4.39 Å². The predicted molar refractivity (Wildman–Crippen MR) is 78.9 cm³/mol. The van der Waals surface area contributed by atoms with E-state index in [1.165, 1.54) is 17.7 Å². The van der Waals surface area contributed by atoms with Gasteiger partial charge in [-0.1, -0.05) is 29.8 Å². The largest absolute Gasteiger partial charge is 0.488 e. The van der Waals surface area contributed by atoms with Gasteiger partial charge in [0.15, 0.2) is 0 Å². The van der Waals surface area contributed by atoms with Gasteiger partial charge >= 0.3 is 0 Å². The summed E-state index contributed by atoms with van der Waals surface area (Å²) in [6.07, 6.45) is 0.852. The van der Waals surface area contributed by atoms with E-state index in [2.05, 4.69) is 5.32 Å². The average molecular weight is 293 g/mol. The van der Waals surface area contributed by atoms with E-state index >= 15 is 0 Å². The number of para-hydroxylation sites is 1. The highest BCUT2D eigenvalue weighted by Crippen LogP contribution is 2.29. The van der Waals surface area contributed by atoms with Crippen LogP contribution in [0.5, 0.6) is 5.75 Å². The van der Waals surface area contributed by atoms with E-state index in [0.29, 0.717) is 17.9 Å². The lowest BCUT2D eigenvalue weighted by Gasteiger charge is -2.14. The van der Waals surface area contributed by atoms with E-state index in [4.69, 9.17) is 22.1 Å². The summed E-state index contributed by atoms with van der Waals surface area (Å²) in [7, 11) is 0. The van der Waals surface area contributed by atoms with Crippen molar-refractivity contribution in [1.82, 2.24) is 0 Å². The summed E-state index contributed by atoms with van der Waals surface area (Å²) < 4.78 is 19.2. The fourth-order valence-corrected chi connectivity index (χ4v) is 2.48. The standard InChI is InChI=1S/C15H14ClFN2O/c16-11-6-13(18)14(7-12(11)17)19-8-10-5-9-3-1-2-4-15(9)20-10/h1-4,6-7,10,19H,5,8,18H2. The minimum atomic E-state index is -0.487. The second-order valence-corrected chi connectivity index (χ2v) is 5.19. The van der Waals surface area contributed by atoms with Crippen molar-refractivity contribution in [2.24, 2.45) is 0 Å². The number of nitrogen functional groups attached to an aromatic ring is 1. The highest BCUT2D eigenvalue weighted by atomic mass is 35.5. The normalized spacial score (nSPS) is 16.6. The molecule has 0 saturated heterocycles. The maximum Gasteiger partial charge on any atom is 0.143 e. The summed E-state index contributed by atoms with van der Waals surface area (Å²) in [5, 5.41) is 3.13. The number of nitrogens with two attached hydrogens (primary N) is 1. The van der Waals surface area contributed by atoms with Crippen molar-refractivity contribution < 1.29 is 9.13 Å². The molecule has 1 heterocycles. The zero-order valence-electron chi connectivity index (χ0n) is 10.7. The molecule has 2 aromatic rings. The highest BCUT2D eigenvalue weighted by Gasteiger charge is 2.22. The molecule has 3 N–H and O–H groups in total. The van der Waals surface area contributed by atoms with Crippen LogP contribution in [0.2, 0.25) is 5.02 Å². The number of anilines is 2. The molecule has 1 aliphatic heterocycles. The van der Waals surface area contributed by atoms with Gasteiger partial charge in [0.25, 0.3) is 0 Å². The first-order valence-electron chi connectivity index (χ1n) is 6.36.